The molecule has 0 saturated carbocycles. The van der Waals surface area contributed by atoms with E-state index in [1.54, 1.807) is 67.8 Å². The molecule has 0 spiro atoms. The van der Waals surface area contributed by atoms with Gasteiger partial charge < -0.3 is 16.0 Å². The molecule has 3 heterocycles. The fourth-order valence-corrected chi connectivity index (χ4v) is 4.39. The van der Waals surface area contributed by atoms with E-state index in [2.05, 4.69) is 32.1 Å². The van der Waals surface area contributed by atoms with Crippen molar-refractivity contribution >= 4 is 40.3 Å². The van der Waals surface area contributed by atoms with Crippen molar-refractivity contribution in [2.24, 2.45) is 0 Å². The summed E-state index contributed by atoms with van der Waals surface area (Å²) in [5.41, 5.74) is 9.18. The van der Waals surface area contributed by atoms with E-state index in [9.17, 15) is 14.4 Å². The van der Waals surface area contributed by atoms with Gasteiger partial charge in [0.2, 0.25) is 0 Å². The van der Waals surface area contributed by atoms with Gasteiger partial charge in [-0.25, -0.2) is 24.3 Å². The number of pyridine rings is 1. The molecule has 5 rings (SSSR count). The number of nitrogens with zero attached hydrogens (tertiary/aromatic N) is 7. The lowest BCUT2D eigenvalue weighted by Gasteiger charge is -2.15. The van der Waals surface area contributed by atoms with Crippen LogP contribution in [0.25, 0.3) is 22.5 Å². The van der Waals surface area contributed by atoms with Crippen molar-refractivity contribution in [3.63, 3.8) is 0 Å². The minimum atomic E-state index is -0.458. The Balaban J connectivity index is 1.52. The number of carbonyl (C=O) groups is 2. The number of carbonyl (C=O) groups excluding carboxylic acids is 2. The Hall–Kier alpha value is -5.80. The van der Waals surface area contributed by atoms with Gasteiger partial charge in [0.1, 0.15) is 17.7 Å². The molecule has 0 atom stereocenters. The number of nitrogen functional groups attached to an aromatic ring is 1. The van der Waals surface area contributed by atoms with E-state index in [0.29, 0.717) is 40.5 Å². The van der Waals surface area contributed by atoms with Gasteiger partial charge in [0.25, 0.3) is 5.91 Å². The third-order valence-electron chi connectivity index (χ3n) is 6.56. The summed E-state index contributed by atoms with van der Waals surface area (Å²) in [6, 6.07) is 17.0. The summed E-state index contributed by atoms with van der Waals surface area (Å²) in [4.78, 5) is 55.4. The number of benzene rings is 2. The lowest BCUT2D eigenvalue weighted by Crippen LogP contribution is -2.26. The van der Waals surface area contributed by atoms with Crippen LogP contribution in [0.5, 0.6) is 0 Å². The number of aromatic nitrogens is 5. The zero-order valence-electron chi connectivity index (χ0n) is 24.1. The van der Waals surface area contributed by atoms with Crippen molar-refractivity contribution in [2.45, 2.75) is 6.92 Å². The van der Waals surface area contributed by atoms with Crippen LogP contribution in [0.3, 0.4) is 0 Å². The minimum absolute atomic E-state index is 0.104. The predicted octanol–water partition coefficient (Wildman–Crippen LogP) is 2.64. The van der Waals surface area contributed by atoms with Crippen molar-refractivity contribution < 1.29 is 9.59 Å². The van der Waals surface area contributed by atoms with Crippen LogP contribution in [0.1, 0.15) is 15.9 Å². The molecule has 0 bridgehead atoms. The van der Waals surface area contributed by atoms with E-state index in [1.807, 2.05) is 32.0 Å². The number of hydrogen-bond donors (Lipinski definition) is 2. The van der Waals surface area contributed by atoms with E-state index >= 15 is 0 Å². The fraction of sp³-hybridized carbons (Fsp3) is 0.161. The first-order valence-electron chi connectivity index (χ1n) is 13.2. The number of nitrogens with two attached hydrogens (primary N) is 1. The lowest BCUT2D eigenvalue weighted by atomic mass is 10.2. The number of imidazole rings is 1. The Bertz CT molecular complexity index is 1960. The average molecular weight is 576 g/mol. The second-order valence-electron chi connectivity index (χ2n) is 10.0. The average Bonchev–Trinajstić information content (AvgIpc) is 3.29. The van der Waals surface area contributed by atoms with E-state index in [4.69, 9.17) is 5.73 Å². The highest BCUT2D eigenvalue weighted by atomic mass is 16.2. The molecule has 3 aromatic heterocycles. The highest BCUT2D eigenvalue weighted by molar-refractivity contribution is 6.05. The van der Waals surface area contributed by atoms with Crippen LogP contribution >= 0.6 is 0 Å². The predicted molar refractivity (Wildman–Crippen MR) is 166 cm³/mol. The summed E-state index contributed by atoms with van der Waals surface area (Å²) in [5, 5.41) is 2.77. The van der Waals surface area contributed by atoms with Crippen LogP contribution in [0.15, 0.2) is 78.0 Å². The Morgan fingerprint density at radius 1 is 0.953 bits per heavy atom. The zero-order valence-corrected chi connectivity index (χ0v) is 24.1. The molecule has 2 aromatic carbocycles. The third-order valence-corrected chi connectivity index (χ3v) is 6.56. The molecule has 0 aliphatic heterocycles. The summed E-state index contributed by atoms with van der Waals surface area (Å²) in [7, 11) is 5.35. The van der Waals surface area contributed by atoms with Gasteiger partial charge in [-0.3, -0.25) is 19.1 Å². The van der Waals surface area contributed by atoms with Crippen LogP contribution < -0.4 is 21.6 Å². The maximum atomic E-state index is 14.0. The van der Waals surface area contributed by atoms with Gasteiger partial charge in [0.15, 0.2) is 11.5 Å². The largest absolute Gasteiger partial charge is 0.382 e. The summed E-state index contributed by atoms with van der Waals surface area (Å²) in [6.07, 6.45) is 2.90. The Kier molecular flexibility index (Phi) is 8.00. The van der Waals surface area contributed by atoms with Crippen LogP contribution in [0, 0.1) is 18.8 Å². The first-order chi connectivity index (χ1) is 20.6. The zero-order chi connectivity index (χ0) is 30.7. The Morgan fingerprint density at radius 2 is 1.72 bits per heavy atom. The van der Waals surface area contributed by atoms with Crippen molar-refractivity contribution in [3.8, 4) is 23.2 Å². The minimum Gasteiger partial charge on any atom is -0.382 e. The second-order valence-corrected chi connectivity index (χ2v) is 10.0. The summed E-state index contributed by atoms with van der Waals surface area (Å²) in [6.45, 7) is 2.36. The molecule has 12 heteroatoms. The lowest BCUT2D eigenvalue weighted by molar-refractivity contribution is -0.113. The van der Waals surface area contributed by atoms with E-state index in [1.165, 1.54) is 20.4 Å². The third kappa shape index (κ3) is 5.97. The summed E-state index contributed by atoms with van der Waals surface area (Å²) in [5.74, 6) is 5.28. The Morgan fingerprint density at radius 3 is 2.44 bits per heavy atom. The van der Waals surface area contributed by atoms with Crippen LogP contribution in [-0.4, -0.2) is 68.5 Å². The molecule has 0 aliphatic rings. The Labute approximate surface area is 247 Å². The summed E-state index contributed by atoms with van der Waals surface area (Å²) >= 11 is 0. The molecule has 12 nitrogen and oxygen atoms in total. The highest BCUT2D eigenvalue weighted by Gasteiger charge is 2.21. The molecule has 0 radical (unpaired) electrons. The number of rotatable bonds is 6. The topological polar surface area (TPSA) is 144 Å². The molecule has 3 N–H and O–H groups in total. The van der Waals surface area contributed by atoms with Gasteiger partial charge in [0, 0.05) is 24.5 Å². The maximum absolute atomic E-state index is 14.0. The standard InChI is InChI=1S/C31H29N9O3/c1-20-14-15-33-25(17-20)36-30(42)21-10-12-22(13-11-21)39-27-28(32)34-19-35-29(27)40(31(39)43)24-8-5-7-23(18-24)38(4)26(41)9-6-16-37(2)3/h5,7-8,10-15,17-19H,16H2,1-4H3,(H2,32,34,35)(H,33,36,42). The van der Waals surface area contributed by atoms with E-state index in [-0.39, 0.29) is 23.3 Å². The van der Waals surface area contributed by atoms with Gasteiger partial charge in [-0.2, -0.15) is 0 Å². The number of hydrogen-bond acceptors (Lipinski definition) is 8. The number of fused-ring (bicyclic) bond motifs is 1. The first kappa shape index (κ1) is 28.7. The number of aryl methyl sites for hydroxylation is 1. The van der Waals surface area contributed by atoms with Crippen LogP contribution in [0.4, 0.5) is 17.3 Å². The van der Waals surface area contributed by atoms with Gasteiger partial charge in [-0.15, -0.1) is 0 Å². The molecule has 5 aromatic rings. The molecular formula is C31H29N9O3. The molecule has 0 fully saturated rings. The van der Waals surface area contributed by atoms with Gasteiger partial charge in [-0.1, -0.05) is 12.0 Å². The van der Waals surface area contributed by atoms with Crippen LogP contribution in [-0.2, 0) is 4.79 Å². The number of anilines is 3. The summed E-state index contributed by atoms with van der Waals surface area (Å²) < 4.78 is 2.79. The molecule has 0 aliphatic carbocycles. The first-order valence-corrected chi connectivity index (χ1v) is 13.2. The molecule has 0 saturated heterocycles. The van der Waals surface area contributed by atoms with E-state index < -0.39 is 5.69 Å². The van der Waals surface area contributed by atoms with E-state index in [0.717, 1.165) is 5.56 Å². The van der Waals surface area contributed by atoms with Crippen molar-refractivity contribution in [1.82, 2.24) is 29.0 Å². The normalized spacial score (nSPS) is 10.8. The molecule has 0 unspecified atom stereocenters. The maximum Gasteiger partial charge on any atom is 0.339 e. The second kappa shape index (κ2) is 12.0. The molecule has 216 valence electrons. The molecule has 43 heavy (non-hydrogen) atoms. The highest BCUT2D eigenvalue weighted by Crippen LogP contribution is 2.25. The quantitative estimate of drug-likeness (QED) is 0.294. The van der Waals surface area contributed by atoms with Crippen molar-refractivity contribution in [2.75, 3.05) is 43.6 Å². The van der Waals surface area contributed by atoms with Crippen molar-refractivity contribution in [3.05, 3.63) is 94.8 Å². The van der Waals surface area contributed by atoms with Gasteiger partial charge >= 0.3 is 11.6 Å². The SMILES string of the molecule is Cc1ccnc(NC(=O)c2ccc(-n3c(=O)n(-c4cccc(N(C)C(=O)C#CCN(C)C)c4)c4ncnc(N)c43)cc2)c1. The smallest absolute Gasteiger partial charge is 0.339 e. The number of amides is 2. The molecular weight excluding hydrogens is 546 g/mol. The van der Waals surface area contributed by atoms with Gasteiger partial charge in [0.05, 0.1) is 17.9 Å². The number of nitrogens with one attached hydrogen (secondary N) is 1. The van der Waals surface area contributed by atoms with Crippen molar-refractivity contribution in [1.29, 1.82) is 0 Å². The van der Waals surface area contributed by atoms with Crippen LogP contribution in [0.2, 0.25) is 0 Å². The van der Waals surface area contributed by atoms with Gasteiger partial charge in [-0.05, 0) is 87.1 Å². The monoisotopic (exact) mass is 575 g/mol. The fourth-order valence-electron chi connectivity index (χ4n) is 4.39. The molecule has 2 amide bonds.